The van der Waals surface area contributed by atoms with Crippen LogP contribution in [0.5, 0.6) is 0 Å². The predicted octanol–water partition coefficient (Wildman–Crippen LogP) is 0.689. The molecule has 0 heterocycles. The number of rotatable bonds is 7. The van der Waals surface area contributed by atoms with E-state index >= 15 is 0 Å². The van der Waals surface area contributed by atoms with Gasteiger partial charge in [0.25, 0.3) is 0 Å². The molecule has 0 aromatic heterocycles. The van der Waals surface area contributed by atoms with Gasteiger partial charge in [0.1, 0.15) is 0 Å². The Kier molecular flexibility index (Phi) is 5.27. The lowest BCUT2D eigenvalue weighted by molar-refractivity contribution is -0.141. The third kappa shape index (κ3) is 4.55. The first-order chi connectivity index (χ1) is 8.03. The lowest BCUT2D eigenvalue weighted by atomic mass is 10.1. The van der Waals surface area contributed by atoms with Gasteiger partial charge in [0.2, 0.25) is 5.91 Å². The Labute approximate surface area is 106 Å². The van der Waals surface area contributed by atoms with Crippen LogP contribution in [0.4, 0.5) is 0 Å². The van der Waals surface area contributed by atoms with E-state index in [9.17, 15) is 9.59 Å². The first-order valence-electron chi connectivity index (χ1n) is 5.68. The molecular formula is C11H20N2O3S. The number of hydrazine groups is 1. The van der Waals surface area contributed by atoms with Crippen LogP contribution in [0.1, 0.15) is 26.2 Å². The van der Waals surface area contributed by atoms with E-state index in [0.717, 1.165) is 24.3 Å². The molecule has 0 aromatic carbocycles. The molecular weight excluding hydrogens is 240 g/mol. The molecule has 0 aliphatic heterocycles. The van der Waals surface area contributed by atoms with Crippen LogP contribution in [-0.4, -0.2) is 30.5 Å². The van der Waals surface area contributed by atoms with Crippen LogP contribution >= 0.6 is 11.8 Å². The summed E-state index contributed by atoms with van der Waals surface area (Å²) >= 11 is 1.70. The zero-order valence-corrected chi connectivity index (χ0v) is 11.1. The van der Waals surface area contributed by atoms with Gasteiger partial charge in [-0.05, 0) is 24.0 Å². The van der Waals surface area contributed by atoms with Gasteiger partial charge < -0.3 is 4.74 Å². The van der Waals surface area contributed by atoms with E-state index in [-0.39, 0.29) is 23.2 Å². The quantitative estimate of drug-likeness (QED) is 0.305. The summed E-state index contributed by atoms with van der Waals surface area (Å²) in [5.74, 6) is 6.31. The standard InChI is InChI=1S/C11H20N2O3S/c1-8(10(15)13-12)6-17-7-11(3-4-11)5-9(14)16-2/h8H,3-7,12H2,1-2H3,(H,13,15). The summed E-state index contributed by atoms with van der Waals surface area (Å²) in [4.78, 5) is 22.4. The van der Waals surface area contributed by atoms with Crippen LogP contribution in [0.25, 0.3) is 0 Å². The molecule has 5 nitrogen and oxygen atoms in total. The molecule has 1 aliphatic rings. The molecule has 1 unspecified atom stereocenters. The van der Waals surface area contributed by atoms with E-state index in [1.165, 1.54) is 7.11 Å². The summed E-state index contributed by atoms with van der Waals surface area (Å²) in [5, 5.41) is 0. The Balaban J connectivity index is 2.22. The fourth-order valence-corrected chi connectivity index (χ4v) is 3.04. The molecule has 0 saturated heterocycles. The Bertz CT molecular complexity index is 292. The summed E-state index contributed by atoms with van der Waals surface area (Å²) in [5.41, 5.74) is 2.26. The van der Waals surface area contributed by atoms with E-state index in [4.69, 9.17) is 5.84 Å². The van der Waals surface area contributed by atoms with Crippen molar-refractivity contribution in [3.8, 4) is 0 Å². The van der Waals surface area contributed by atoms with Gasteiger partial charge in [-0.3, -0.25) is 15.0 Å². The summed E-state index contributed by atoms with van der Waals surface area (Å²) in [7, 11) is 1.42. The molecule has 1 saturated carbocycles. The van der Waals surface area contributed by atoms with Crippen molar-refractivity contribution in [3.63, 3.8) is 0 Å². The minimum Gasteiger partial charge on any atom is -0.469 e. The monoisotopic (exact) mass is 260 g/mol. The van der Waals surface area contributed by atoms with Gasteiger partial charge in [0.05, 0.1) is 13.5 Å². The number of carbonyl (C=O) groups excluding carboxylic acids is 2. The topological polar surface area (TPSA) is 81.4 Å². The molecule has 6 heteroatoms. The lowest BCUT2D eigenvalue weighted by Gasteiger charge is -2.14. The second kappa shape index (κ2) is 6.26. The average Bonchev–Trinajstić information content (AvgIpc) is 3.07. The molecule has 0 spiro atoms. The highest BCUT2D eigenvalue weighted by Crippen LogP contribution is 2.51. The first kappa shape index (κ1) is 14.3. The molecule has 1 aliphatic carbocycles. The fraction of sp³-hybridized carbons (Fsp3) is 0.818. The van der Waals surface area contributed by atoms with Crippen molar-refractivity contribution in [2.75, 3.05) is 18.6 Å². The van der Waals surface area contributed by atoms with Crippen molar-refractivity contribution in [1.29, 1.82) is 0 Å². The van der Waals surface area contributed by atoms with E-state index in [2.05, 4.69) is 10.2 Å². The second-order valence-corrected chi connectivity index (χ2v) is 5.71. The number of carbonyl (C=O) groups is 2. The summed E-state index contributed by atoms with van der Waals surface area (Å²) in [6.07, 6.45) is 2.65. The molecule has 0 radical (unpaired) electrons. The highest BCUT2D eigenvalue weighted by atomic mass is 32.2. The van der Waals surface area contributed by atoms with Gasteiger partial charge in [-0.25, -0.2) is 5.84 Å². The van der Waals surface area contributed by atoms with Crippen LogP contribution in [-0.2, 0) is 14.3 Å². The Morgan fingerprint density at radius 3 is 2.65 bits per heavy atom. The van der Waals surface area contributed by atoms with E-state index < -0.39 is 0 Å². The zero-order chi connectivity index (χ0) is 12.9. The van der Waals surface area contributed by atoms with Crippen molar-refractivity contribution in [2.45, 2.75) is 26.2 Å². The number of hydrogen-bond acceptors (Lipinski definition) is 5. The van der Waals surface area contributed by atoms with Gasteiger partial charge in [-0.2, -0.15) is 11.8 Å². The molecule has 1 atom stereocenters. The average molecular weight is 260 g/mol. The zero-order valence-electron chi connectivity index (χ0n) is 10.3. The van der Waals surface area contributed by atoms with Crippen molar-refractivity contribution < 1.29 is 14.3 Å². The summed E-state index contributed by atoms with van der Waals surface area (Å²) in [6, 6.07) is 0. The highest BCUT2D eigenvalue weighted by molar-refractivity contribution is 7.99. The van der Waals surface area contributed by atoms with E-state index in [1.807, 2.05) is 6.92 Å². The van der Waals surface area contributed by atoms with Gasteiger partial charge in [-0.15, -0.1) is 0 Å². The second-order valence-electron chi connectivity index (χ2n) is 4.68. The maximum Gasteiger partial charge on any atom is 0.306 e. The third-order valence-corrected chi connectivity index (χ3v) is 4.62. The maximum atomic E-state index is 11.2. The first-order valence-corrected chi connectivity index (χ1v) is 6.83. The van der Waals surface area contributed by atoms with Gasteiger partial charge in [0, 0.05) is 11.7 Å². The number of nitrogens with one attached hydrogen (secondary N) is 1. The molecule has 17 heavy (non-hydrogen) atoms. The normalized spacial score (nSPS) is 18.3. The number of thioether (sulfide) groups is 1. The third-order valence-electron chi connectivity index (χ3n) is 3.07. The van der Waals surface area contributed by atoms with Crippen molar-refractivity contribution >= 4 is 23.6 Å². The fourth-order valence-electron chi connectivity index (χ4n) is 1.60. The van der Waals surface area contributed by atoms with Crippen LogP contribution in [0.2, 0.25) is 0 Å². The van der Waals surface area contributed by atoms with Crippen LogP contribution in [0.15, 0.2) is 0 Å². The Morgan fingerprint density at radius 2 is 2.18 bits per heavy atom. The lowest BCUT2D eigenvalue weighted by Crippen LogP contribution is -2.35. The summed E-state index contributed by atoms with van der Waals surface area (Å²) < 4.78 is 4.68. The minimum absolute atomic E-state index is 0.0982. The SMILES string of the molecule is COC(=O)CC1(CSCC(C)C(=O)NN)CC1. The molecule has 98 valence electrons. The van der Waals surface area contributed by atoms with Crippen LogP contribution in [0.3, 0.4) is 0 Å². The number of ether oxygens (including phenoxy) is 1. The molecule has 1 rings (SSSR count). The van der Waals surface area contributed by atoms with E-state index in [1.54, 1.807) is 11.8 Å². The van der Waals surface area contributed by atoms with Gasteiger partial charge >= 0.3 is 5.97 Å². The van der Waals surface area contributed by atoms with Crippen molar-refractivity contribution in [1.82, 2.24) is 5.43 Å². The largest absolute Gasteiger partial charge is 0.469 e. The molecule has 1 fully saturated rings. The van der Waals surface area contributed by atoms with Crippen LogP contribution < -0.4 is 11.3 Å². The number of methoxy groups -OCH3 is 1. The van der Waals surface area contributed by atoms with Gasteiger partial charge in [-0.1, -0.05) is 6.92 Å². The van der Waals surface area contributed by atoms with E-state index in [0.29, 0.717) is 6.42 Å². The van der Waals surface area contributed by atoms with Crippen molar-refractivity contribution in [2.24, 2.45) is 17.2 Å². The molecule has 0 bridgehead atoms. The van der Waals surface area contributed by atoms with Gasteiger partial charge in [0.15, 0.2) is 0 Å². The predicted molar refractivity (Wildman–Crippen MR) is 67.1 cm³/mol. The molecule has 1 amide bonds. The highest BCUT2D eigenvalue weighted by Gasteiger charge is 2.44. The van der Waals surface area contributed by atoms with Crippen LogP contribution in [0, 0.1) is 11.3 Å². The number of hydrogen-bond donors (Lipinski definition) is 2. The maximum absolute atomic E-state index is 11.2. The molecule has 3 N–H and O–H groups in total. The summed E-state index contributed by atoms with van der Waals surface area (Å²) in [6.45, 7) is 1.84. The number of esters is 1. The number of amides is 1. The Hall–Kier alpha value is -0.750. The molecule has 0 aromatic rings. The Morgan fingerprint density at radius 1 is 1.53 bits per heavy atom. The minimum atomic E-state index is -0.143. The van der Waals surface area contributed by atoms with Crippen molar-refractivity contribution in [3.05, 3.63) is 0 Å². The number of nitrogens with two attached hydrogens (primary N) is 1. The smallest absolute Gasteiger partial charge is 0.306 e.